The number of nitrogens with zero attached hydrogens (tertiary/aromatic N) is 3. The zero-order chi connectivity index (χ0) is 11.9. The Morgan fingerprint density at radius 3 is 3.00 bits per heavy atom. The summed E-state index contributed by atoms with van der Waals surface area (Å²) in [6, 6.07) is 2.50. The largest absolute Gasteiger partial charge is 0.313 e. The van der Waals surface area contributed by atoms with Crippen molar-refractivity contribution >= 4 is 0 Å². The minimum absolute atomic E-state index is 0.631. The number of nitrogens with one attached hydrogen (secondary N) is 1. The Morgan fingerprint density at radius 1 is 1.41 bits per heavy atom. The van der Waals surface area contributed by atoms with E-state index in [1.54, 1.807) is 0 Å². The molecule has 0 aliphatic carbocycles. The van der Waals surface area contributed by atoms with Crippen molar-refractivity contribution in [2.75, 3.05) is 19.6 Å². The molecule has 0 radical (unpaired) electrons. The molecule has 1 unspecified atom stereocenters. The summed E-state index contributed by atoms with van der Waals surface area (Å²) in [6.45, 7) is 6.52. The summed E-state index contributed by atoms with van der Waals surface area (Å²) in [5.74, 6) is 0.935. The van der Waals surface area contributed by atoms with Crippen LogP contribution < -0.4 is 5.32 Å². The van der Waals surface area contributed by atoms with Crippen LogP contribution in [0, 0.1) is 0 Å². The molecule has 1 aliphatic heterocycles. The van der Waals surface area contributed by atoms with Crippen LogP contribution in [0.4, 0.5) is 0 Å². The summed E-state index contributed by atoms with van der Waals surface area (Å²) < 4.78 is 0. The molecule has 1 aromatic rings. The van der Waals surface area contributed by atoms with Crippen molar-refractivity contribution in [3.8, 4) is 0 Å². The minimum Gasteiger partial charge on any atom is -0.313 e. The molecule has 0 spiro atoms. The first-order chi connectivity index (χ1) is 8.38. The highest BCUT2D eigenvalue weighted by Crippen LogP contribution is 2.08. The van der Waals surface area contributed by atoms with Gasteiger partial charge in [0.25, 0.3) is 0 Å². The Labute approximate surface area is 103 Å². The summed E-state index contributed by atoms with van der Waals surface area (Å²) in [4.78, 5) is 11.1. The molecule has 94 valence electrons. The molecule has 2 heterocycles. The quantitative estimate of drug-likeness (QED) is 0.856. The van der Waals surface area contributed by atoms with E-state index in [2.05, 4.69) is 27.1 Å². The van der Waals surface area contributed by atoms with Crippen LogP contribution in [0.1, 0.15) is 32.0 Å². The van der Waals surface area contributed by atoms with Gasteiger partial charge in [0.05, 0.1) is 6.54 Å². The van der Waals surface area contributed by atoms with Gasteiger partial charge in [-0.25, -0.2) is 9.97 Å². The van der Waals surface area contributed by atoms with Gasteiger partial charge in [0.2, 0.25) is 0 Å². The van der Waals surface area contributed by atoms with Crippen LogP contribution in [-0.4, -0.2) is 40.5 Å². The van der Waals surface area contributed by atoms with E-state index in [9.17, 15) is 0 Å². The van der Waals surface area contributed by atoms with Crippen LogP contribution in [-0.2, 0) is 6.54 Å². The molecule has 0 amide bonds. The van der Waals surface area contributed by atoms with E-state index in [0.717, 1.165) is 32.0 Å². The normalized spacial score (nSPS) is 22.3. The fourth-order valence-electron chi connectivity index (χ4n) is 2.37. The molecular formula is C13H22N4. The molecule has 1 aromatic heterocycles. The number of rotatable bonds is 4. The summed E-state index contributed by atoms with van der Waals surface area (Å²) in [5, 5.41) is 3.62. The number of hydrogen-bond acceptors (Lipinski definition) is 4. The highest BCUT2D eigenvalue weighted by Gasteiger charge is 2.17. The van der Waals surface area contributed by atoms with Crippen LogP contribution in [0.3, 0.4) is 0 Å². The third-order valence-electron chi connectivity index (χ3n) is 3.18. The van der Waals surface area contributed by atoms with E-state index in [-0.39, 0.29) is 0 Å². The smallest absolute Gasteiger partial charge is 0.142 e. The Morgan fingerprint density at radius 2 is 2.24 bits per heavy atom. The summed E-state index contributed by atoms with van der Waals surface area (Å²) in [7, 11) is 0. The van der Waals surface area contributed by atoms with Gasteiger partial charge in [-0.2, -0.15) is 0 Å². The number of aromatic nitrogens is 2. The third kappa shape index (κ3) is 4.06. The van der Waals surface area contributed by atoms with Crippen LogP contribution in [0.5, 0.6) is 0 Å². The third-order valence-corrected chi connectivity index (χ3v) is 3.18. The van der Waals surface area contributed by atoms with E-state index >= 15 is 0 Å². The van der Waals surface area contributed by atoms with E-state index in [1.807, 2.05) is 18.5 Å². The first-order valence-corrected chi connectivity index (χ1v) is 6.60. The summed E-state index contributed by atoms with van der Waals surface area (Å²) >= 11 is 0. The van der Waals surface area contributed by atoms with Gasteiger partial charge in [0, 0.05) is 25.0 Å². The van der Waals surface area contributed by atoms with Crippen molar-refractivity contribution in [1.29, 1.82) is 0 Å². The Bertz CT molecular complexity index is 314. The maximum atomic E-state index is 4.30. The van der Waals surface area contributed by atoms with E-state index in [1.165, 1.54) is 19.3 Å². The molecule has 2 rings (SSSR count). The first-order valence-electron chi connectivity index (χ1n) is 6.60. The molecule has 17 heavy (non-hydrogen) atoms. The maximum Gasteiger partial charge on any atom is 0.142 e. The Hall–Kier alpha value is -1.00. The van der Waals surface area contributed by atoms with Gasteiger partial charge in [-0.05, 0) is 32.0 Å². The molecule has 4 heteroatoms. The molecule has 4 nitrogen and oxygen atoms in total. The number of hydrogen-bond donors (Lipinski definition) is 1. The van der Waals surface area contributed by atoms with Gasteiger partial charge >= 0.3 is 0 Å². The molecule has 1 fully saturated rings. The zero-order valence-electron chi connectivity index (χ0n) is 10.6. The average Bonchev–Trinajstić information content (AvgIpc) is 2.56. The second kappa shape index (κ2) is 6.67. The van der Waals surface area contributed by atoms with Crippen molar-refractivity contribution in [2.24, 2.45) is 0 Å². The van der Waals surface area contributed by atoms with Gasteiger partial charge < -0.3 is 5.32 Å². The highest BCUT2D eigenvalue weighted by atomic mass is 15.2. The standard InChI is InChI=1S/C13H22N4/c1-2-5-12-10-17(9-4-8-14-12)11-13-15-6-3-7-16-13/h3,6-7,12,14H,2,4-5,8-11H2,1H3. The lowest BCUT2D eigenvalue weighted by atomic mass is 10.1. The Balaban J connectivity index is 1.90. The predicted molar refractivity (Wildman–Crippen MR) is 68.6 cm³/mol. The molecule has 1 atom stereocenters. The van der Waals surface area contributed by atoms with Crippen molar-refractivity contribution < 1.29 is 0 Å². The SMILES string of the molecule is CCCC1CN(Cc2ncccn2)CCCN1. The summed E-state index contributed by atoms with van der Waals surface area (Å²) in [6.07, 6.45) is 7.36. The van der Waals surface area contributed by atoms with Crippen molar-refractivity contribution in [2.45, 2.75) is 38.8 Å². The van der Waals surface area contributed by atoms with Crippen molar-refractivity contribution in [3.63, 3.8) is 0 Å². The monoisotopic (exact) mass is 234 g/mol. The van der Waals surface area contributed by atoms with Crippen LogP contribution >= 0.6 is 0 Å². The van der Waals surface area contributed by atoms with E-state index < -0.39 is 0 Å². The molecule has 0 bridgehead atoms. The van der Waals surface area contributed by atoms with Crippen LogP contribution in [0.25, 0.3) is 0 Å². The lowest BCUT2D eigenvalue weighted by molar-refractivity contribution is 0.249. The minimum atomic E-state index is 0.631. The van der Waals surface area contributed by atoms with E-state index in [4.69, 9.17) is 0 Å². The van der Waals surface area contributed by atoms with Crippen molar-refractivity contribution in [1.82, 2.24) is 20.2 Å². The Kier molecular flexibility index (Phi) is 4.88. The molecule has 1 saturated heterocycles. The van der Waals surface area contributed by atoms with Crippen molar-refractivity contribution in [3.05, 3.63) is 24.3 Å². The fraction of sp³-hybridized carbons (Fsp3) is 0.692. The molecule has 1 aliphatic rings. The van der Waals surface area contributed by atoms with Gasteiger partial charge in [-0.3, -0.25) is 4.90 Å². The highest BCUT2D eigenvalue weighted by molar-refractivity contribution is 4.89. The maximum absolute atomic E-state index is 4.30. The summed E-state index contributed by atoms with van der Waals surface area (Å²) in [5.41, 5.74) is 0. The first kappa shape index (κ1) is 12.5. The average molecular weight is 234 g/mol. The van der Waals surface area contributed by atoms with Gasteiger partial charge in [-0.15, -0.1) is 0 Å². The molecule has 1 N–H and O–H groups in total. The van der Waals surface area contributed by atoms with Crippen LogP contribution in [0.15, 0.2) is 18.5 Å². The lowest BCUT2D eigenvalue weighted by Gasteiger charge is -2.23. The molecule has 0 aromatic carbocycles. The predicted octanol–water partition coefficient (Wildman–Crippen LogP) is 1.44. The fourth-order valence-corrected chi connectivity index (χ4v) is 2.37. The molecular weight excluding hydrogens is 212 g/mol. The van der Waals surface area contributed by atoms with Gasteiger partial charge in [0.15, 0.2) is 0 Å². The van der Waals surface area contributed by atoms with Gasteiger partial charge in [0.1, 0.15) is 5.82 Å². The molecule has 0 saturated carbocycles. The second-order valence-electron chi connectivity index (χ2n) is 4.69. The van der Waals surface area contributed by atoms with Gasteiger partial charge in [-0.1, -0.05) is 13.3 Å². The lowest BCUT2D eigenvalue weighted by Crippen LogP contribution is -2.37. The van der Waals surface area contributed by atoms with Crippen LogP contribution in [0.2, 0.25) is 0 Å². The van der Waals surface area contributed by atoms with E-state index in [0.29, 0.717) is 6.04 Å². The zero-order valence-corrected chi connectivity index (χ0v) is 10.6. The topological polar surface area (TPSA) is 41.1 Å². The second-order valence-corrected chi connectivity index (χ2v) is 4.69.